The van der Waals surface area contributed by atoms with Crippen molar-refractivity contribution in [3.05, 3.63) is 43.0 Å². The predicted octanol–water partition coefficient (Wildman–Crippen LogP) is 3.53. The van der Waals surface area contributed by atoms with Gasteiger partial charge >= 0.3 is 0 Å². The second-order valence-electron chi connectivity index (χ2n) is 6.42. The average molecular weight is 300 g/mol. The minimum absolute atomic E-state index is 0.0177. The highest BCUT2D eigenvalue weighted by Crippen LogP contribution is 2.24. The molecule has 22 heavy (non-hydrogen) atoms. The fraction of sp³-hybridized carbons (Fsp3) is 0.579. The lowest BCUT2D eigenvalue weighted by Crippen LogP contribution is -2.54. The third-order valence-electron chi connectivity index (χ3n) is 5.00. The summed E-state index contributed by atoms with van der Waals surface area (Å²) in [6.07, 6.45) is 8.95. The first kappa shape index (κ1) is 15.6. The second kappa shape index (κ2) is 7.80. The van der Waals surface area contributed by atoms with E-state index >= 15 is 0 Å². The maximum Gasteiger partial charge on any atom is 0.171 e. The van der Waals surface area contributed by atoms with Crippen LogP contribution in [0.3, 0.4) is 0 Å². The maximum atomic E-state index is 6.07. The Morgan fingerprint density at radius 3 is 2.32 bits per heavy atom. The Morgan fingerprint density at radius 2 is 1.68 bits per heavy atom. The first-order chi connectivity index (χ1) is 10.9. The van der Waals surface area contributed by atoms with Crippen LogP contribution in [0, 0.1) is 0 Å². The molecule has 1 saturated carbocycles. The third-order valence-corrected chi connectivity index (χ3v) is 5.00. The fourth-order valence-corrected chi connectivity index (χ4v) is 3.71. The Bertz CT molecular complexity index is 448. The molecule has 1 aliphatic carbocycles. The van der Waals surface area contributed by atoms with E-state index in [1.165, 1.54) is 32.1 Å². The number of para-hydroxylation sites is 1. The molecule has 0 N–H and O–H groups in total. The van der Waals surface area contributed by atoms with Crippen molar-refractivity contribution in [2.24, 2.45) is 0 Å². The van der Waals surface area contributed by atoms with Crippen LogP contribution in [-0.2, 0) is 0 Å². The first-order valence-electron chi connectivity index (χ1n) is 8.69. The van der Waals surface area contributed by atoms with Gasteiger partial charge in [-0.3, -0.25) is 9.80 Å². The van der Waals surface area contributed by atoms with E-state index < -0.39 is 0 Å². The van der Waals surface area contributed by atoms with Gasteiger partial charge in [-0.05, 0) is 31.1 Å². The molecule has 1 saturated heterocycles. The maximum absolute atomic E-state index is 6.07. The van der Waals surface area contributed by atoms with Gasteiger partial charge < -0.3 is 4.74 Å². The van der Waals surface area contributed by atoms with Crippen molar-refractivity contribution in [2.45, 2.75) is 44.4 Å². The van der Waals surface area contributed by atoms with Gasteiger partial charge in [0.15, 0.2) is 6.23 Å². The molecule has 0 aromatic heterocycles. The van der Waals surface area contributed by atoms with Crippen molar-refractivity contribution in [3.8, 4) is 5.75 Å². The number of hydrogen-bond donors (Lipinski definition) is 0. The molecule has 3 rings (SSSR count). The fourth-order valence-electron chi connectivity index (χ4n) is 3.71. The van der Waals surface area contributed by atoms with E-state index in [0.717, 1.165) is 38.0 Å². The Morgan fingerprint density at radius 1 is 1.00 bits per heavy atom. The molecule has 1 unspecified atom stereocenters. The molecule has 2 aliphatic rings. The molecule has 1 atom stereocenters. The number of piperazine rings is 1. The molecular formula is C19H28N2O. The largest absolute Gasteiger partial charge is 0.472 e. The van der Waals surface area contributed by atoms with E-state index in [1.54, 1.807) is 0 Å². The molecule has 120 valence electrons. The van der Waals surface area contributed by atoms with Crippen LogP contribution < -0.4 is 4.74 Å². The summed E-state index contributed by atoms with van der Waals surface area (Å²) < 4.78 is 6.07. The molecule has 3 nitrogen and oxygen atoms in total. The van der Waals surface area contributed by atoms with Crippen LogP contribution in [0.1, 0.15) is 32.1 Å². The molecule has 0 amide bonds. The second-order valence-corrected chi connectivity index (χ2v) is 6.42. The summed E-state index contributed by atoms with van der Waals surface area (Å²) >= 11 is 0. The van der Waals surface area contributed by atoms with Gasteiger partial charge in [0.1, 0.15) is 5.75 Å². The molecule has 0 radical (unpaired) electrons. The van der Waals surface area contributed by atoms with Crippen LogP contribution in [-0.4, -0.2) is 48.2 Å². The van der Waals surface area contributed by atoms with Crippen LogP contribution in [0.4, 0.5) is 0 Å². The van der Waals surface area contributed by atoms with E-state index in [4.69, 9.17) is 4.74 Å². The summed E-state index contributed by atoms with van der Waals surface area (Å²) in [5.74, 6) is 0.919. The van der Waals surface area contributed by atoms with Gasteiger partial charge in [0, 0.05) is 32.2 Å². The van der Waals surface area contributed by atoms with Crippen LogP contribution in [0.5, 0.6) is 5.75 Å². The van der Waals surface area contributed by atoms with Crippen LogP contribution in [0.15, 0.2) is 43.0 Å². The average Bonchev–Trinajstić information content (AvgIpc) is 2.61. The molecule has 1 heterocycles. The first-order valence-corrected chi connectivity index (χ1v) is 8.69. The van der Waals surface area contributed by atoms with Crippen molar-refractivity contribution in [1.29, 1.82) is 0 Å². The molecule has 0 spiro atoms. The van der Waals surface area contributed by atoms with Crippen molar-refractivity contribution in [3.63, 3.8) is 0 Å². The Kier molecular flexibility index (Phi) is 5.52. The number of nitrogens with zero attached hydrogens (tertiary/aromatic N) is 2. The van der Waals surface area contributed by atoms with Gasteiger partial charge in [0.2, 0.25) is 0 Å². The summed E-state index contributed by atoms with van der Waals surface area (Å²) in [5.41, 5.74) is 0. The minimum atomic E-state index is -0.0177. The summed E-state index contributed by atoms with van der Waals surface area (Å²) in [6.45, 7) is 8.42. The van der Waals surface area contributed by atoms with Gasteiger partial charge in [-0.25, -0.2) is 0 Å². The number of rotatable bonds is 5. The van der Waals surface area contributed by atoms with Crippen LogP contribution in [0.2, 0.25) is 0 Å². The zero-order chi connectivity index (χ0) is 15.2. The number of ether oxygens (including phenoxy) is 1. The topological polar surface area (TPSA) is 15.7 Å². The summed E-state index contributed by atoms with van der Waals surface area (Å²) in [4.78, 5) is 5.09. The molecule has 3 heteroatoms. The summed E-state index contributed by atoms with van der Waals surface area (Å²) in [5, 5.41) is 0. The normalized spacial score (nSPS) is 23.1. The lowest BCUT2D eigenvalue weighted by atomic mass is 9.94. The van der Waals surface area contributed by atoms with Gasteiger partial charge in [-0.15, -0.1) is 0 Å². The zero-order valence-corrected chi connectivity index (χ0v) is 13.5. The molecule has 1 aromatic rings. The Hall–Kier alpha value is -1.32. The predicted molar refractivity (Wildman–Crippen MR) is 91.1 cm³/mol. The van der Waals surface area contributed by atoms with E-state index in [-0.39, 0.29) is 6.23 Å². The monoisotopic (exact) mass is 300 g/mol. The van der Waals surface area contributed by atoms with E-state index in [9.17, 15) is 0 Å². The number of benzene rings is 1. The zero-order valence-electron chi connectivity index (χ0n) is 13.5. The molecule has 0 bridgehead atoms. The SMILES string of the molecule is C=CC(Oc1ccccc1)N1CCN(C2CCCCC2)CC1. The minimum Gasteiger partial charge on any atom is -0.472 e. The van der Waals surface area contributed by atoms with Crippen molar-refractivity contribution < 1.29 is 4.74 Å². The third kappa shape index (κ3) is 3.90. The lowest BCUT2D eigenvalue weighted by Gasteiger charge is -2.42. The van der Waals surface area contributed by atoms with Crippen LogP contribution in [0.25, 0.3) is 0 Å². The molecule has 1 aromatic carbocycles. The van der Waals surface area contributed by atoms with Gasteiger partial charge in [-0.1, -0.05) is 44.0 Å². The quantitative estimate of drug-likeness (QED) is 0.774. The highest BCUT2D eigenvalue weighted by atomic mass is 16.5. The van der Waals surface area contributed by atoms with Gasteiger partial charge in [0.05, 0.1) is 0 Å². The van der Waals surface area contributed by atoms with Gasteiger partial charge in [0.25, 0.3) is 0 Å². The van der Waals surface area contributed by atoms with Gasteiger partial charge in [-0.2, -0.15) is 0 Å². The summed E-state index contributed by atoms with van der Waals surface area (Å²) in [6, 6.07) is 10.9. The van der Waals surface area contributed by atoms with E-state index in [1.807, 2.05) is 36.4 Å². The number of hydrogen-bond acceptors (Lipinski definition) is 3. The van der Waals surface area contributed by atoms with Crippen LogP contribution >= 0.6 is 0 Å². The summed E-state index contributed by atoms with van der Waals surface area (Å²) in [7, 11) is 0. The standard InChI is InChI=1S/C19H28N2O/c1-2-19(22-18-11-7-4-8-12-18)21-15-13-20(14-16-21)17-9-5-3-6-10-17/h2,4,7-8,11-12,17,19H,1,3,5-6,9-10,13-16H2. The Balaban J connectivity index is 1.51. The Labute approximate surface area is 134 Å². The highest BCUT2D eigenvalue weighted by molar-refractivity contribution is 5.21. The lowest BCUT2D eigenvalue weighted by molar-refractivity contribution is 0.00431. The van der Waals surface area contributed by atoms with Crippen molar-refractivity contribution >= 4 is 0 Å². The van der Waals surface area contributed by atoms with Crippen molar-refractivity contribution in [2.75, 3.05) is 26.2 Å². The molecule has 1 aliphatic heterocycles. The van der Waals surface area contributed by atoms with E-state index in [0.29, 0.717) is 0 Å². The molecular weight excluding hydrogens is 272 g/mol. The van der Waals surface area contributed by atoms with Crippen molar-refractivity contribution in [1.82, 2.24) is 9.80 Å². The molecule has 2 fully saturated rings. The highest BCUT2D eigenvalue weighted by Gasteiger charge is 2.27. The van der Waals surface area contributed by atoms with E-state index in [2.05, 4.69) is 16.4 Å². The smallest absolute Gasteiger partial charge is 0.171 e.